The van der Waals surface area contributed by atoms with E-state index in [4.69, 9.17) is 0 Å². The molecule has 0 fully saturated rings. The zero-order chi connectivity index (χ0) is 8.20. The molecule has 0 rings (SSSR count). The van der Waals surface area contributed by atoms with Crippen molar-refractivity contribution in [3.05, 3.63) is 0 Å². The molecule has 0 aromatic heterocycles. The topological polar surface area (TPSA) is 20.2 Å². The molecule has 0 aliphatic rings. The van der Waals surface area contributed by atoms with Crippen molar-refractivity contribution in [2.75, 3.05) is 0 Å². The Morgan fingerprint density at radius 3 is 2.10 bits per heavy atom. The predicted molar refractivity (Wildman–Crippen MR) is 45.0 cm³/mol. The van der Waals surface area contributed by atoms with E-state index in [9.17, 15) is 5.11 Å². The summed E-state index contributed by atoms with van der Waals surface area (Å²) in [5.74, 6) is 0. The van der Waals surface area contributed by atoms with Crippen LogP contribution in [0.5, 0.6) is 0 Å². The fourth-order valence-corrected chi connectivity index (χ4v) is 0.830. The van der Waals surface area contributed by atoms with Gasteiger partial charge in [-0.25, -0.2) is 0 Å². The van der Waals surface area contributed by atoms with Gasteiger partial charge in [0.1, 0.15) is 0 Å². The van der Waals surface area contributed by atoms with Crippen molar-refractivity contribution in [1.82, 2.24) is 0 Å². The van der Waals surface area contributed by atoms with Crippen LogP contribution in [-0.4, -0.2) is 11.2 Å². The van der Waals surface area contributed by atoms with Crippen molar-refractivity contribution in [1.29, 1.82) is 0 Å². The lowest BCUT2D eigenvalue weighted by atomic mass is 9.86. The van der Waals surface area contributed by atoms with Crippen LogP contribution in [0.1, 0.15) is 47.0 Å². The summed E-state index contributed by atoms with van der Waals surface area (Å²) in [5.41, 5.74) is 0.0647. The summed E-state index contributed by atoms with van der Waals surface area (Å²) >= 11 is 0. The van der Waals surface area contributed by atoms with E-state index >= 15 is 0 Å². The molecule has 0 heterocycles. The third-order valence-corrected chi connectivity index (χ3v) is 1.83. The van der Waals surface area contributed by atoms with Gasteiger partial charge in [-0.2, -0.15) is 0 Å². The lowest BCUT2D eigenvalue weighted by molar-refractivity contribution is 0.0538. The molecule has 1 heteroatoms. The summed E-state index contributed by atoms with van der Waals surface area (Å²) in [6.45, 7) is 8.38. The highest BCUT2D eigenvalue weighted by atomic mass is 16.3. The van der Waals surface area contributed by atoms with E-state index in [0.29, 0.717) is 0 Å². The van der Waals surface area contributed by atoms with Gasteiger partial charge in [0.05, 0.1) is 6.10 Å². The quantitative estimate of drug-likeness (QED) is 0.645. The molecule has 0 aliphatic carbocycles. The maximum atomic E-state index is 9.52. The fraction of sp³-hybridized carbons (Fsp3) is 1.00. The molecular formula is C9H20O. The summed E-state index contributed by atoms with van der Waals surface area (Å²) in [7, 11) is 0. The summed E-state index contributed by atoms with van der Waals surface area (Å²) in [6.07, 6.45) is 3.12. The van der Waals surface area contributed by atoms with Gasteiger partial charge in [0.15, 0.2) is 0 Å². The molecular weight excluding hydrogens is 124 g/mol. The smallest absolute Gasteiger partial charge is 0.0588 e. The van der Waals surface area contributed by atoms with Crippen LogP contribution in [0.25, 0.3) is 0 Å². The molecule has 1 nitrogen and oxygen atoms in total. The van der Waals surface area contributed by atoms with Crippen LogP contribution in [0.2, 0.25) is 0 Å². The van der Waals surface area contributed by atoms with Crippen molar-refractivity contribution in [2.24, 2.45) is 5.41 Å². The number of unbranched alkanes of at least 4 members (excludes halogenated alkanes) is 1. The molecule has 0 saturated carbocycles. The van der Waals surface area contributed by atoms with Crippen molar-refractivity contribution < 1.29 is 5.11 Å². The average Bonchev–Trinajstić information content (AvgIpc) is 1.80. The normalized spacial score (nSPS) is 15.3. The van der Waals surface area contributed by atoms with Crippen molar-refractivity contribution in [3.8, 4) is 0 Å². The molecule has 0 aromatic carbocycles. The predicted octanol–water partition coefficient (Wildman–Crippen LogP) is 2.58. The van der Waals surface area contributed by atoms with E-state index in [-0.39, 0.29) is 11.5 Å². The van der Waals surface area contributed by atoms with Crippen LogP contribution in [-0.2, 0) is 0 Å². The van der Waals surface area contributed by atoms with Gasteiger partial charge in [-0.05, 0) is 11.8 Å². The number of hydrogen-bond acceptors (Lipinski definition) is 1. The molecule has 0 bridgehead atoms. The Morgan fingerprint density at radius 1 is 1.30 bits per heavy atom. The van der Waals surface area contributed by atoms with Crippen LogP contribution in [0.3, 0.4) is 0 Å². The third kappa shape index (κ3) is 3.89. The molecule has 10 heavy (non-hydrogen) atoms. The van der Waals surface area contributed by atoms with Crippen LogP contribution in [0, 0.1) is 5.41 Å². The Kier molecular flexibility index (Phi) is 3.95. The third-order valence-electron chi connectivity index (χ3n) is 1.83. The fourth-order valence-electron chi connectivity index (χ4n) is 0.830. The minimum atomic E-state index is -0.132. The first kappa shape index (κ1) is 9.96. The van der Waals surface area contributed by atoms with Crippen LogP contribution >= 0.6 is 0 Å². The van der Waals surface area contributed by atoms with Crippen LogP contribution < -0.4 is 0 Å². The minimum Gasteiger partial charge on any atom is -0.393 e. The molecule has 1 N–H and O–H groups in total. The largest absolute Gasteiger partial charge is 0.393 e. The van der Waals surface area contributed by atoms with Gasteiger partial charge in [-0.3, -0.25) is 0 Å². The van der Waals surface area contributed by atoms with E-state index in [2.05, 4.69) is 27.7 Å². The van der Waals surface area contributed by atoms with Gasteiger partial charge < -0.3 is 5.11 Å². The number of aliphatic hydroxyl groups is 1. The second kappa shape index (κ2) is 3.97. The lowest BCUT2D eigenvalue weighted by Crippen LogP contribution is -2.25. The van der Waals surface area contributed by atoms with Crippen molar-refractivity contribution in [3.63, 3.8) is 0 Å². The highest BCUT2D eigenvalue weighted by molar-refractivity contribution is 4.71. The lowest BCUT2D eigenvalue weighted by Gasteiger charge is -2.25. The highest BCUT2D eigenvalue weighted by Crippen LogP contribution is 2.22. The van der Waals surface area contributed by atoms with Gasteiger partial charge in [0, 0.05) is 0 Å². The number of rotatable bonds is 3. The van der Waals surface area contributed by atoms with Crippen LogP contribution in [0.15, 0.2) is 0 Å². The number of aliphatic hydroxyl groups excluding tert-OH is 1. The SMILES string of the molecule is CCCC[C@H](O)C(C)(C)C. The monoisotopic (exact) mass is 144 g/mol. The van der Waals surface area contributed by atoms with E-state index < -0.39 is 0 Å². The summed E-state index contributed by atoms with van der Waals surface area (Å²) in [4.78, 5) is 0. The van der Waals surface area contributed by atoms with E-state index in [1.165, 1.54) is 6.42 Å². The van der Waals surface area contributed by atoms with E-state index in [0.717, 1.165) is 12.8 Å². The molecule has 0 spiro atoms. The molecule has 0 saturated heterocycles. The number of hydrogen-bond donors (Lipinski definition) is 1. The summed E-state index contributed by atoms with van der Waals surface area (Å²) in [6, 6.07) is 0. The maximum Gasteiger partial charge on any atom is 0.0588 e. The van der Waals surface area contributed by atoms with E-state index in [1.807, 2.05) is 0 Å². The second-order valence-corrected chi connectivity index (χ2v) is 4.02. The van der Waals surface area contributed by atoms with E-state index in [1.54, 1.807) is 0 Å². The van der Waals surface area contributed by atoms with Crippen molar-refractivity contribution in [2.45, 2.75) is 53.1 Å². The molecule has 0 aromatic rings. The maximum absolute atomic E-state index is 9.52. The Labute approximate surface area is 64.5 Å². The van der Waals surface area contributed by atoms with Gasteiger partial charge in [0.2, 0.25) is 0 Å². The molecule has 0 radical (unpaired) electrons. The summed E-state index contributed by atoms with van der Waals surface area (Å²) in [5, 5.41) is 9.52. The minimum absolute atomic E-state index is 0.0647. The standard InChI is InChI=1S/C9H20O/c1-5-6-7-8(10)9(2,3)4/h8,10H,5-7H2,1-4H3/t8-/m0/s1. The van der Waals surface area contributed by atoms with Gasteiger partial charge in [-0.15, -0.1) is 0 Å². The first-order valence-electron chi connectivity index (χ1n) is 4.16. The van der Waals surface area contributed by atoms with Gasteiger partial charge in [0.25, 0.3) is 0 Å². The Hall–Kier alpha value is -0.0400. The summed E-state index contributed by atoms with van der Waals surface area (Å²) < 4.78 is 0. The molecule has 0 aliphatic heterocycles. The first-order chi connectivity index (χ1) is 4.48. The van der Waals surface area contributed by atoms with Gasteiger partial charge >= 0.3 is 0 Å². The van der Waals surface area contributed by atoms with Gasteiger partial charge in [-0.1, -0.05) is 40.5 Å². The molecule has 1 atom stereocenters. The van der Waals surface area contributed by atoms with Crippen LogP contribution in [0.4, 0.5) is 0 Å². The Morgan fingerprint density at radius 2 is 1.80 bits per heavy atom. The second-order valence-electron chi connectivity index (χ2n) is 4.02. The zero-order valence-electron chi connectivity index (χ0n) is 7.65. The first-order valence-corrected chi connectivity index (χ1v) is 4.16. The zero-order valence-corrected chi connectivity index (χ0v) is 7.65. The molecule has 62 valence electrons. The Balaban J connectivity index is 3.52. The Bertz CT molecular complexity index is 81.2. The highest BCUT2D eigenvalue weighted by Gasteiger charge is 2.20. The molecule has 0 amide bonds. The molecule has 0 unspecified atom stereocenters. The van der Waals surface area contributed by atoms with Crippen molar-refractivity contribution >= 4 is 0 Å². The average molecular weight is 144 g/mol.